The molecule has 1 aliphatic rings. The highest BCUT2D eigenvalue weighted by molar-refractivity contribution is 5.92. The monoisotopic (exact) mass is 342 g/mol. The number of aromatic nitrogens is 2. The van der Waals surface area contributed by atoms with E-state index >= 15 is 0 Å². The van der Waals surface area contributed by atoms with Gasteiger partial charge < -0.3 is 9.88 Å². The van der Waals surface area contributed by atoms with Gasteiger partial charge >= 0.3 is 0 Å². The minimum Gasteiger partial charge on any atom is -0.368 e. The summed E-state index contributed by atoms with van der Waals surface area (Å²) in [6.45, 7) is 5.16. The van der Waals surface area contributed by atoms with E-state index in [2.05, 4.69) is 75.4 Å². The summed E-state index contributed by atoms with van der Waals surface area (Å²) < 4.78 is 0. The molecule has 1 N–H and O–H groups in total. The molecule has 0 unspecified atom stereocenters. The molecule has 0 aliphatic carbocycles. The third-order valence-electron chi connectivity index (χ3n) is 5.33. The van der Waals surface area contributed by atoms with Gasteiger partial charge in [-0.2, -0.15) is 0 Å². The number of rotatable bonds is 3. The number of H-pyrrole nitrogens is 1. The van der Waals surface area contributed by atoms with Crippen LogP contribution in [-0.2, 0) is 6.54 Å². The molecule has 4 aromatic rings. The van der Waals surface area contributed by atoms with Crippen molar-refractivity contribution in [1.29, 1.82) is 0 Å². The number of para-hydroxylation sites is 1. The van der Waals surface area contributed by atoms with Crippen LogP contribution < -0.4 is 4.90 Å². The fourth-order valence-electron chi connectivity index (χ4n) is 3.92. The van der Waals surface area contributed by atoms with E-state index in [1.807, 2.05) is 6.20 Å². The number of pyridine rings is 1. The summed E-state index contributed by atoms with van der Waals surface area (Å²) in [7, 11) is 0. The van der Waals surface area contributed by atoms with Crippen LogP contribution in [0.1, 0.15) is 5.69 Å². The molecule has 0 bridgehead atoms. The predicted molar refractivity (Wildman–Crippen MR) is 108 cm³/mol. The highest BCUT2D eigenvalue weighted by Gasteiger charge is 2.19. The standard InChI is InChI=1S/C22H22N4/c1-2-5-20-17(4-1)8-9-18(24-20)16-25-12-14-26(15-13-25)22-7-3-6-21-19(22)10-11-23-21/h1-11,23H,12-16H2. The predicted octanol–water partition coefficient (Wildman–Crippen LogP) is 4.04. The van der Waals surface area contributed by atoms with Crippen LogP contribution in [0.5, 0.6) is 0 Å². The van der Waals surface area contributed by atoms with E-state index < -0.39 is 0 Å². The molecule has 0 atom stereocenters. The summed E-state index contributed by atoms with van der Waals surface area (Å²) in [5.41, 5.74) is 4.80. The van der Waals surface area contributed by atoms with Gasteiger partial charge in [0.25, 0.3) is 0 Å². The number of nitrogens with one attached hydrogen (secondary N) is 1. The van der Waals surface area contributed by atoms with E-state index in [1.165, 1.54) is 22.0 Å². The Kier molecular flexibility index (Phi) is 3.83. The molecule has 0 saturated carbocycles. The number of fused-ring (bicyclic) bond motifs is 2. The summed E-state index contributed by atoms with van der Waals surface area (Å²) >= 11 is 0. The third kappa shape index (κ3) is 2.82. The maximum Gasteiger partial charge on any atom is 0.0705 e. The molecule has 0 spiro atoms. The average Bonchev–Trinajstić information content (AvgIpc) is 3.17. The lowest BCUT2D eigenvalue weighted by molar-refractivity contribution is 0.247. The molecule has 1 fully saturated rings. The van der Waals surface area contributed by atoms with Gasteiger partial charge in [-0.1, -0.05) is 30.3 Å². The van der Waals surface area contributed by atoms with Crippen molar-refractivity contribution in [1.82, 2.24) is 14.9 Å². The fourth-order valence-corrected chi connectivity index (χ4v) is 3.92. The Morgan fingerprint density at radius 1 is 0.846 bits per heavy atom. The van der Waals surface area contributed by atoms with Crippen molar-refractivity contribution in [2.24, 2.45) is 0 Å². The van der Waals surface area contributed by atoms with Crippen LogP contribution in [0.25, 0.3) is 21.8 Å². The topological polar surface area (TPSA) is 35.2 Å². The van der Waals surface area contributed by atoms with E-state index in [0.29, 0.717) is 0 Å². The Balaban J connectivity index is 1.28. The molecule has 3 heterocycles. The van der Waals surface area contributed by atoms with Crippen molar-refractivity contribution in [2.75, 3.05) is 31.1 Å². The average molecular weight is 342 g/mol. The molecular weight excluding hydrogens is 320 g/mol. The van der Waals surface area contributed by atoms with E-state index in [4.69, 9.17) is 4.98 Å². The lowest BCUT2D eigenvalue weighted by atomic mass is 10.1. The first-order valence-corrected chi connectivity index (χ1v) is 9.25. The molecule has 26 heavy (non-hydrogen) atoms. The Bertz CT molecular complexity index is 1040. The van der Waals surface area contributed by atoms with Gasteiger partial charge in [0.1, 0.15) is 0 Å². The number of hydrogen-bond acceptors (Lipinski definition) is 3. The number of anilines is 1. The third-order valence-corrected chi connectivity index (χ3v) is 5.33. The van der Waals surface area contributed by atoms with Crippen LogP contribution in [0.3, 0.4) is 0 Å². The van der Waals surface area contributed by atoms with Crippen LogP contribution in [0.15, 0.2) is 66.9 Å². The van der Waals surface area contributed by atoms with Crippen LogP contribution in [0.2, 0.25) is 0 Å². The molecular formula is C22H22N4. The minimum atomic E-state index is 0.924. The Morgan fingerprint density at radius 3 is 2.65 bits per heavy atom. The van der Waals surface area contributed by atoms with Crippen molar-refractivity contribution in [3.63, 3.8) is 0 Å². The quantitative estimate of drug-likeness (QED) is 0.610. The summed E-state index contributed by atoms with van der Waals surface area (Å²) in [5, 5.41) is 2.53. The maximum atomic E-state index is 4.82. The van der Waals surface area contributed by atoms with E-state index in [9.17, 15) is 0 Å². The molecule has 2 aromatic heterocycles. The van der Waals surface area contributed by atoms with Crippen LogP contribution in [0.4, 0.5) is 5.69 Å². The second kappa shape index (κ2) is 6.46. The lowest BCUT2D eigenvalue weighted by Crippen LogP contribution is -2.46. The van der Waals surface area contributed by atoms with Gasteiger partial charge in [0.2, 0.25) is 0 Å². The van der Waals surface area contributed by atoms with Gasteiger partial charge in [-0.3, -0.25) is 9.88 Å². The number of hydrogen-bond donors (Lipinski definition) is 1. The SMILES string of the molecule is c1ccc2nc(CN3CCN(c4cccc5[nH]ccc45)CC3)ccc2c1. The normalized spacial score (nSPS) is 15.8. The summed E-state index contributed by atoms with van der Waals surface area (Å²) in [4.78, 5) is 13.1. The van der Waals surface area contributed by atoms with Crippen LogP contribution in [0, 0.1) is 0 Å². The Morgan fingerprint density at radius 2 is 1.73 bits per heavy atom. The molecule has 1 saturated heterocycles. The van der Waals surface area contributed by atoms with Gasteiger partial charge in [0.05, 0.1) is 11.2 Å². The molecule has 2 aromatic carbocycles. The first-order chi connectivity index (χ1) is 12.9. The van der Waals surface area contributed by atoms with Gasteiger partial charge in [0.15, 0.2) is 0 Å². The lowest BCUT2D eigenvalue weighted by Gasteiger charge is -2.36. The molecule has 1 aliphatic heterocycles. The van der Waals surface area contributed by atoms with Crippen molar-refractivity contribution in [2.45, 2.75) is 6.54 Å². The zero-order valence-corrected chi connectivity index (χ0v) is 14.7. The highest BCUT2D eigenvalue weighted by atomic mass is 15.3. The van der Waals surface area contributed by atoms with Crippen molar-refractivity contribution < 1.29 is 0 Å². The number of aromatic amines is 1. The van der Waals surface area contributed by atoms with E-state index in [1.54, 1.807) is 0 Å². The molecule has 130 valence electrons. The largest absolute Gasteiger partial charge is 0.368 e. The Labute approximate surface area is 153 Å². The first-order valence-electron chi connectivity index (χ1n) is 9.25. The van der Waals surface area contributed by atoms with Crippen molar-refractivity contribution in [3.05, 3.63) is 72.6 Å². The molecule has 4 heteroatoms. The van der Waals surface area contributed by atoms with Gasteiger partial charge in [0, 0.05) is 60.9 Å². The molecule has 5 rings (SSSR count). The van der Waals surface area contributed by atoms with Crippen LogP contribution >= 0.6 is 0 Å². The van der Waals surface area contributed by atoms with Gasteiger partial charge in [-0.05, 0) is 30.3 Å². The van der Waals surface area contributed by atoms with Crippen molar-refractivity contribution >= 4 is 27.5 Å². The Hall–Kier alpha value is -2.85. The molecule has 4 nitrogen and oxygen atoms in total. The van der Waals surface area contributed by atoms with Crippen molar-refractivity contribution in [3.8, 4) is 0 Å². The van der Waals surface area contributed by atoms with Crippen LogP contribution in [-0.4, -0.2) is 41.0 Å². The molecule has 0 amide bonds. The summed E-state index contributed by atoms with van der Waals surface area (Å²) in [6.07, 6.45) is 2.02. The number of piperazine rings is 1. The summed E-state index contributed by atoms with van der Waals surface area (Å²) in [6, 6.07) is 21.4. The van der Waals surface area contributed by atoms with E-state index in [-0.39, 0.29) is 0 Å². The van der Waals surface area contributed by atoms with E-state index in [0.717, 1.165) is 43.9 Å². The molecule has 0 radical (unpaired) electrons. The second-order valence-electron chi connectivity index (χ2n) is 6.97. The summed E-state index contributed by atoms with van der Waals surface area (Å²) in [5.74, 6) is 0. The number of benzene rings is 2. The smallest absolute Gasteiger partial charge is 0.0705 e. The second-order valence-corrected chi connectivity index (χ2v) is 6.97. The minimum absolute atomic E-state index is 0.924. The first kappa shape index (κ1) is 15.4. The van der Waals surface area contributed by atoms with Gasteiger partial charge in [-0.25, -0.2) is 0 Å². The zero-order chi connectivity index (χ0) is 17.3. The highest BCUT2D eigenvalue weighted by Crippen LogP contribution is 2.27. The zero-order valence-electron chi connectivity index (χ0n) is 14.7. The number of nitrogens with zero attached hydrogens (tertiary/aromatic N) is 3. The van der Waals surface area contributed by atoms with Gasteiger partial charge in [-0.15, -0.1) is 0 Å². The maximum absolute atomic E-state index is 4.82. The fraction of sp³-hybridized carbons (Fsp3) is 0.227.